The van der Waals surface area contributed by atoms with E-state index in [1.165, 1.54) is 11.3 Å². The number of hydrogen-bond donors (Lipinski definition) is 1. The third-order valence-electron chi connectivity index (χ3n) is 3.26. The first-order chi connectivity index (χ1) is 10.7. The minimum absolute atomic E-state index is 0.300. The Balaban J connectivity index is 2.29. The van der Waals surface area contributed by atoms with Crippen molar-refractivity contribution in [2.75, 3.05) is 13.1 Å². The molecular weight excluding hydrogens is 298 g/mol. The number of aromatic nitrogens is 2. The number of rotatable bonds is 8. The average molecular weight is 319 g/mol. The van der Waals surface area contributed by atoms with Crippen LogP contribution in [0.3, 0.4) is 0 Å². The van der Waals surface area contributed by atoms with E-state index in [-0.39, 0.29) is 0 Å². The second kappa shape index (κ2) is 8.00. The van der Waals surface area contributed by atoms with Crippen LogP contribution < -0.4 is 0 Å². The van der Waals surface area contributed by atoms with Crippen molar-refractivity contribution >= 4 is 17.3 Å². The number of pyridine rings is 1. The maximum absolute atomic E-state index is 11.5. The minimum atomic E-state index is -0.923. The Morgan fingerprint density at radius 2 is 1.86 bits per heavy atom. The molecule has 5 nitrogen and oxygen atoms in total. The lowest BCUT2D eigenvalue weighted by molar-refractivity contribution is 0.0702. The number of carbonyl (C=O) groups is 1. The van der Waals surface area contributed by atoms with Gasteiger partial charge in [-0.05, 0) is 38.1 Å². The Kier molecular flexibility index (Phi) is 6.03. The number of aromatic carboxylic acids is 1. The first kappa shape index (κ1) is 16.6. The molecule has 0 unspecified atom stereocenters. The topological polar surface area (TPSA) is 66.3 Å². The van der Waals surface area contributed by atoms with E-state index in [0.29, 0.717) is 17.1 Å². The van der Waals surface area contributed by atoms with E-state index in [2.05, 4.69) is 28.7 Å². The van der Waals surface area contributed by atoms with E-state index in [9.17, 15) is 9.90 Å². The summed E-state index contributed by atoms with van der Waals surface area (Å²) in [5, 5.41) is 10.3. The molecule has 0 bridgehead atoms. The molecule has 2 aromatic rings. The van der Waals surface area contributed by atoms with Gasteiger partial charge in [0, 0.05) is 18.0 Å². The van der Waals surface area contributed by atoms with E-state index < -0.39 is 5.97 Å². The fourth-order valence-electron chi connectivity index (χ4n) is 2.38. The Morgan fingerprint density at radius 3 is 2.41 bits per heavy atom. The number of carboxylic acid groups (broad SMARTS) is 1. The highest BCUT2D eigenvalue weighted by molar-refractivity contribution is 7.14. The fourth-order valence-corrected chi connectivity index (χ4v) is 3.34. The highest BCUT2D eigenvalue weighted by Gasteiger charge is 2.19. The zero-order valence-electron chi connectivity index (χ0n) is 13.0. The largest absolute Gasteiger partial charge is 0.477 e. The van der Waals surface area contributed by atoms with Crippen molar-refractivity contribution in [3.63, 3.8) is 0 Å². The molecule has 2 heterocycles. The zero-order chi connectivity index (χ0) is 15.9. The lowest BCUT2D eigenvalue weighted by atomic mass is 10.2. The molecule has 0 fully saturated rings. The first-order valence-electron chi connectivity index (χ1n) is 7.51. The molecule has 1 N–H and O–H groups in total. The van der Waals surface area contributed by atoms with Gasteiger partial charge in [-0.1, -0.05) is 13.8 Å². The van der Waals surface area contributed by atoms with Crippen molar-refractivity contribution in [1.29, 1.82) is 0 Å². The van der Waals surface area contributed by atoms with Gasteiger partial charge in [-0.15, -0.1) is 11.3 Å². The lowest BCUT2D eigenvalue weighted by Crippen LogP contribution is -2.24. The van der Waals surface area contributed by atoms with Gasteiger partial charge in [-0.3, -0.25) is 9.88 Å². The van der Waals surface area contributed by atoms with Gasteiger partial charge in [0.25, 0.3) is 0 Å². The summed E-state index contributed by atoms with van der Waals surface area (Å²) in [5.41, 5.74) is 1.34. The predicted molar refractivity (Wildman–Crippen MR) is 88.2 cm³/mol. The van der Waals surface area contributed by atoms with Gasteiger partial charge in [0.2, 0.25) is 0 Å². The predicted octanol–water partition coefficient (Wildman–Crippen LogP) is 3.53. The molecule has 22 heavy (non-hydrogen) atoms. The van der Waals surface area contributed by atoms with Crippen LogP contribution >= 0.6 is 11.3 Å². The van der Waals surface area contributed by atoms with Gasteiger partial charge in [0.15, 0.2) is 0 Å². The average Bonchev–Trinajstić information content (AvgIpc) is 2.93. The van der Waals surface area contributed by atoms with E-state index >= 15 is 0 Å². The molecule has 0 amide bonds. The highest BCUT2D eigenvalue weighted by atomic mass is 32.1. The highest BCUT2D eigenvalue weighted by Crippen LogP contribution is 2.28. The van der Waals surface area contributed by atoms with Crippen LogP contribution in [0.25, 0.3) is 11.3 Å². The van der Waals surface area contributed by atoms with Crippen LogP contribution in [0, 0.1) is 0 Å². The standard InChI is InChI=1S/C16H21N3O2S/c1-3-9-19(10-4-2)11-13-18-14(15(22-13)16(20)21)12-5-7-17-8-6-12/h5-8H,3-4,9-11H2,1-2H3,(H,20,21). The van der Waals surface area contributed by atoms with Crippen molar-refractivity contribution < 1.29 is 9.90 Å². The molecule has 0 atom stereocenters. The Morgan fingerprint density at radius 1 is 1.23 bits per heavy atom. The van der Waals surface area contributed by atoms with Crippen LogP contribution in [-0.4, -0.2) is 39.0 Å². The molecule has 0 aliphatic heterocycles. The van der Waals surface area contributed by atoms with Crippen LogP contribution in [-0.2, 0) is 6.54 Å². The summed E-state index contributed by atoms with van der Waals surface area (Å²) in [5.74, 6) is -0.923. The Hall–Kier alpha value is -1.79. The molecule has 0 aliphatic carbocycles. The molecule has 2 aromatic heterocycles. The van der Waals surface area contributed by atoms with Gasteiger partial charge in [-0.25, -0.2) is 9.78 Å². The molecule has 0 radical (unpaired) electrons. The summed E-state index contributed by atoms with van der Waals surface area (Å²) in [6.45, 7) is 7.00. The molecule has 0 saturated carbocycles. The Bertz CT molecular complexity index is 607. The van der Waals surface area contributed by atoms with E-state index in [1.54, 1.807) is 24.5 Å². The molecule has 0 spiro atoms. The zero-order valence-corrected chi connectivity index (χ0v) is 13.8. The quantitative estimate of drug-likeness (QED) is 0.806. The normalized spacial score (nSPS) is 11.0. The number of nitrogens with zero attached hydrogens (tertiary/aromatic N) is 3. The monoisotopic (exact) mass is 319 g/mol. The molecule has 0 aromatic carbocycles. The van der Waals surface area contributed by atoms with Gasteiger partial charge >= 0.3 is 5.97 Å². The number of carboxylic acids is 1. The summed E-state index contributed by atoms with van der Waals surface area (Å²) in [7, 11) is 0. The SMILES string of the molecule is CCCN(CCC)Cc1nc(-c2ccncc2)c(C(=O)O)s1. The van der Waals surface area contributed by atoms with E-state index in [1.807, 2.05) is 0 Å². The number of thiazole rings is 1. The Labute approximate surface area is 134 Å². The number of hydrogen-bond acceptors (Lipinski definition) is 5. The molecule has 0 saturated heterocycles. The van der Waals surface area contributed by atoms with Crippen molar-refractivity contribution in [3.8, 4) is 11.3 Å². The molecular formula is C16H21N3O2S. The molecule has 118 valence electrons. The third kappa shape index (κ3) is 4.11. The van der Waals surface area contributed by atoms with Crippen LogP contribution in [0.2, 0.25) is 0 Å². The lowest BCUT2D eigenvalue weighted by Gasteiger charge is -2.19. The van der Waals surface area contributed by atoms with Crippen LogP contribution in [0.5, 0.6) is 0 Å². The second-order valence-electron chi connectivity index (χ2n) is 5.10. The fraction of sp³-hybridized carbons (Fsp3) is 0.438. The van der Waals surface area contributed by atoms with Gasteiger partial charge < -0.3 is 5.11 Å². The van der Waals surface area contributed by atoms with Crippen LogP contribution in [0.15, 0.2) is 24.5 Å². The second-order valence-corrected chi connectivity index (χ2v) is 6.19. The van der Waals surface area contributed by atoms with Crippen molar-refractivity contribution in [2.24, 2.45) is 0 Å². The molecule has 6 heteroatoms. The van der Waals surface area contributed by atoms with Crippen molar-refractivity contribution in [1.82, 2.24) is 14.9 Å². The minimum Gasteiger partial charge on any atom is -0.477 e. The summed E-state index contributed by atoms with van der Waals surface area (Å²) in [6.07, 6.45) is 5.46. The van der Waals surface area contributed by atoms with Gasteiger partial charge in [0.05, 0.1) is 12.2 Å². The van der Waals surface area contributed by atoms with Gasteiger partial charge in [-0.2, -0.15) is 0 Å². The van der Waals surface area contributed by atoms with Crippen molar-refractivity contribution in [2.45, 2.75) is 33.2 Å². The summed E-state index contributed by atoms with van der Waals surface area (Å²) in [6, 6.07) is 3.59. The summed E-state index contributed by atoms with van der Waals surface area (Å²) in [4.78, 5) is 22.7. The van der Waals surface area contributed by atoms with Crippen molar-refractivity contribution in [3.05, 3.63) is 34.4 Å². The maximum atomic E-state index is 11.5. The van der Waals surface area contributed by atoms with Gasteiger partial charge in [0.1, 0.15) is 9.88 Å². The van der Waals surface area contributed by atoms with E-state index in [4.69, 9.17) is 0 Å². The smallest absolute Gasteiger partial charge is 0.348 e. The molecule has 0 aliphatic rings. The maximum Gasteiger partial charge on any atom is 0.348 e. The van der Waals surface area contributed by atoms with Crippen LogP contribution in [0.1, 0.15) is 41.4 Å². The van der Waals surface area contributed by atoms with E-state index in [0.717, 1.165) is 36.5 Å². The summed E-state index contributed by atoms with van der Waals surface area (Å²) < 4.78 is 0. The third-order valence-corrected chi connectivity index (χ3v) is 4.29. The molecule has 2 rings (SSSR count). The first-order valence-corrected chi connectivity index (χ1v) is 8.33. The summed E-state index contributed by atoms with van der Waals surface area (Å²) >= 11 is 1.27. The van der Waals surface area contributed by atoms with Crippen LogP contribution in [0.4, 0.5) is 0 Å².